The second-order valence-electron chi connectivity index (χ2n) is 5.22. The summed E-state index contributed by atoms with van der Waals surface area (Å²) in [5.74, 6) is 0. The van der Waals surface area contributed by atoms with Crippen molar-refractivity contribution < 1.29 is 0 Å². The molecule has 1 aromatic rings. The van der Waals surface area contributed by atoms with Gasteiger partial charge < -0.3 is 5.73 Å². The third kappa shape index (κ3) is 2.85. The molecule has 1 aromatic heterocycles. The highest BCUT2D eigenvalue weighted by molar-refractivity contribution is 5.02. The third-order valence-corrected chi connectivity index (χ3v) is 3.90. The maximum Gasteiger partial charge on any atom is 0.0492 e. The van der Waals surface area contributed by atoms with Crippen LogP contribution >= 0.6 is 0 Å². The first kappa shape index (κ1) is 11.6. The number of hydrogen-bond acceptors (Lipinski definition) is 2. The van der Waals surface area contributed by atoms with Gasteiger partial charge in [-0.3, -0.25) is 4.68 Å². The molecular weight excluding hydrogens is 198 g/mol. The minimum atomic E-state index is 0.0841. The topological polar surface area (TPSA) is 43.8 Å². The van der Waals surface area contributed by atoms with Crippen LogP contribution in [0.3, 0.4) is 0 Å². The Morgan fingerprint density at radius 3 is 2.56 bits per heavy atom. The molecule has 16 heavy (non-hydrogen) atoms. The quantitative estimate of drug-likeness (QED) is 0.797. The predicted octanol–water partition coefficient (Wildman–Crippen LogP) is 2.40. The van der Waals surface area contributed by atoms with E-state index in [-0.39, 0.29) is 5.54 Å². The van der Waals surface area contributed by atoms with E-state index in [0.29, 0.717) is 0 Å². The number of aryl methyl sites for hydroxylation is 2. The Balaban J connectivity index is 1.90. The predicted molar refractivity (Wildman–Crippen MR) is 66.1 cm³/mol. The molecule has 3 nitrogen and oxygen atoms in total. The molecule has 2 N–H and O–H groups in total. The minimum absolute atomic E-state index is 0.0841. The van der Waals surface area contributed by atoms with E-state index in [2.05, 4.69) is 11.2 Å². The van der Waals surface area contributed by atoms with Crippen molar-refractivity contribution in [3.05, 3.63) is 18.0 Å². The Kier molecular flexibility index (Phi) is 3.64. The fourth-order valence-corrected chi connectivity index (χ4v) is 2.71. The van der Waals surface area contributed by atoms with Gasteiger partial charge in [-0.1, -0.05) is 25.7 Å². The Morgan fingerprint density at radius 2 is 2.00 bits per heavy atom. The third-order valence-electron chi connectivity index (χ3n) is 3.90. The maximum absolute atomic E-state index is 6.50. The van der Waals surface area contributed by atoms with Crippen LogP contribution < -0.4 is 5.73 Å². The summed E-state index contributed by atoms with van der Waals surface area (Å²) in [6.45, 7) is 0. The molecule has 0 radical (unpaired) electrons. The van der Waals surface area contributed by atoms with Crippen LogP contribution in [0.15, 0.2) is 12.3 Å². The van der Waals surface area contributed by atoms with Gasteiger partial charge in [-0.25, -0.2) is 0 Å². The Hall–Kier alpha value is -0.830. The zero-order valence-electron chi connectivity index (χ0n) is 10.3. The molecule has 0 bridgehead atoms. The number of rotatable bonds is 3. The average molecular weight is 221 g/mol. The normalized spacial score (nSPS) is 20.6. The van der Waals surface area contributed by atoms with Gasteiger partial charge in [-0.15, -0.1) is 0 Å². The number of nitrogens with two attached hydrogens (primary N) is 1. The fourth-order valence-electron chi connectivity index (χ4n) is 2.71. The van der Waals surface area contributed by atoms with Crippen LogP contribution in [0.1, 0.15) is 50.6 Å². The van der Waals surface area contributed by atoms with Crippen molar-refractivity contribution in [1.82, 2.24) is 9.78 Å². The SMILES string of the molecule is Cn1nccc1CCC1(N)CCCCCC1. The largest absolute Gasteiger partial charge is 0.325 e. The highest BCUT2D eigenvalue weighted by Crippen LogP contribution is 2.28. The molecule has 0 aliphatic heterocycles. The summed E-state index contributed by atoms with van der Waals surface area (Å²) in [6.07, 6.45) is 11.8. The van der Waals surface area contributed by atoms with Crippen molar-refractivity contribution >= 4 is 0 Å². The minimum Gasteiger partial charge on any atom is -0.325 e. The summed E-state index contributed by atoms with van der Waals surface area (Å²) in [4.78, 5) is 0. The summed E-state index contributed by atoms with van der Waals surface area (Å²) >= 11 is 0. The first-order chi connectivity index (χ1) is 7.70. The van der Waals surface area contributed by atoms with Crippen molar-refractivity contribution in [3.8, 4) is 0 Å². The van der Waals surface area contributed by atoms with Gasteiger partial charge in [0.05, 0.1) is 0 Å². The van der Waals surface area contributed by atoms with Crippen LogP contribution in [-0.2, 0) is 13.5 Å². The van der Waals surface area contributed by atoms with Crippen LogP contribution in [0.25, 0.3) is 0 Å². The van der Waals surface area contributed by atoms with Crippen molar-refractivity contribution in [2.24, 2.45) is 12.8 Å². The molecule has 1 fully saturated rings. The molecule has 1 aliphatic carbocycles. The second kappa shape index (κ2) is 5.00. The van der Waals surface area contributed by atoms with E-state index in [1.165, 1.54) is 44.2 Å². The molecule has 3 heteroatoms. The first-order valence-corrected chi connectivity index (χ1v) is 6.45. The molecule has 1 saturated carbocycles. The van der Waals surface area contributed by atoms with Gasteiger partial charge in [0.25, 0.3) is 0 Å². The summed E-state index contributed by atoms with van der Waals surface area (Å²) in [7, 11) is 2.01. The molecule has 0 unspecified atom stereocenters. The van der Waals surface area contributed by atoms with Gasteiger partial charge >= 0.3 is 0 Å². The van der Waals surface area contributed by atoms with Crippen molar-refractivity contribution in [2.45, 2.75) is 56.9 Å². The monoisotopic (exact) mass is 221 g/mol. The fraction of sp³-hybridized carbons (Fsp3) is 0.769. The van der Waals surface area contributed by atoms with E-state index >= 15 is 0 Å². The Bertz CT molecular complexity index is 322. The molecule has 1 aliphatic rings. The molecule has 0 atom stereocenters. The molecule has 1 heterocycles. The van der Waals surface area contributed by atoms with Gasteiger partial charge in [0.1, 0.15) is 0 Å². The summed E-state index contributed by atoms with van der Waals surface area (Å²) in [5, 5.41) is 4.20. The molecule has 2 rings (SSSR count). The maximum atomic E-state index is 6.50. The van der Waals surface area contributed by atoms with Crippen LogP contribution in [-0.4, -0.2) is 15.3 Å². The van der Waals surface area contributed by atoms with E-state index in [0.717, 1.165) is 12.8 Å². The van der Waals surface area contributed by atoms with E-state index < -0.39 is 0 Å². The van der Waals surface area contributed by atoms with E-state index in [1.807, 2.05) is 17.9 Å². The molecular formula is C13H23N3. The van der Waals surface area contributed by atoms with Gasteiger partial charge in [0, 0.05) is 24.5 Å². The van der Waals surface area contributed by atoms with Crippen molar-refractivity contribution in [1.29, 1.82) is 0 Å². The highest BCUT2D eigenvalue weighted by atomic mass is 15.2. The highest BCUT2D eigenvalue weighted by Gasteiger charge is 2.25. The van der Waals surface area contributed by atoms with Crippen LogP contribution in [0.5, 0.6) is 0 Å². The van der Waals surface area contributed by atoms with Gasteiger partial charge in [-0.2, -0.15) is 5.10 Å². The second-order valence-corrected chi connectivity index (χ2v) is 5.22. The van der Waals surface area contributed by atoms with E-state index in [1.54, 1.807) is 0 Å². The van der Waals surface area contributed by atoms with Gasteiger partial charge in [-0.05, 0) is 31.7 Å². The average Bonchev–Trinajstić information content (AvgIpc) is 2.54. The van der Waals surface area contributed by atoms with Gasteiger partial charge in [0.2, 0.25) is 0 Å². The molecule has 0 saturated heterocycles. The summed E-state index contributed by atoms with van der Waals surface area (Å²) in [6, 6.07) is 2.10. The molecule has 0 aromatic carbocycles. The lowest BCUT2D eigenvalue weighted by Gasteiger charge is -2.28. The first-order valence-electron chi connectivity index (χ1n) is 6.45. The van der Waals surface area contributed by atoms with E-state index in [9.17, 15) is 0 Å². The van der Waals surface area contributed by atoms with Crippen LogP contribution in [0.2, 0.25) is 0 Å². The molecule has 90 valence electrons. The lowest BCUT2D eigenvalue weighted by Crippen LogP contribution is -2.39. The zero-order chi connectivity index (χ0) is 11.4. The summed E-state index contributed by atoms with van der Waals surface area (Å²) < 4.78 is 1.96. The summed E-state index contributed by atoms with van der Waals surface area (Å²) in [5.41, 5.74) is 7.88. The smallest absolute Gasteiger partial charge is 0.0492 e. The molecule has 0 spiro atoms. The van der Waals surface area contributed by atoms with E-state index in [4.69, 9.17) is 5.73 Å². The lowest BCUT2D eigenvalue weighted by atomic mass is 9.86. The standard InChI is InChI=1S/C13H23N3/c1-16-12(7-11-15-16)6-10-13(14)8-4-2-3-5-9-13/h7,11H,2-6,8-10,14H2,1H3. The zero-order valence-corrected chi connectivity index (χ0v) is 10.3. The molecule has 0 amide bonds. The Labute approximate surface area is 98.0 Å². The van der Waals surface area contributed by atoms with Crippen molar-refractivity contribution in [3.63, 3.8) is 0 Å². The van der Waals surface area contributed by atoms with Crippen LogP contribution in [0.4, 0.5) is 0 Å². The number of hydrogen-bond donors (Lipinski definition) is 1. The van der Waals surface area contributed by atoms with Crippen molar-refractivity contribution in [2.75, 3.05) is 0 Å². The van der Waals surface area contributed by atoms with Crippen LogP contribution in [0, 0.1) is 0 Å². The number of aromatic nitrogens is 2. The number of nitrogens with zero attached hydrogens (tertiary/aromatic N) is 2. The Morgan fingerprint density at radius 1 is 1.31 bits per heavy atom. The van der Waals surface area contributed by atoms with Gasteiger partial charge in [0.15, 0.2) is 0 Å². The lowest BCUT2D eigenvalue weighted by molar-refractivity contribution is 0.343.